The summed E-state index contributed by atoms with van der Waals surface area (Å²) in [5, 5.41) is 3.30. The summed E-state index contributed by atoms with van der Waals surface area (Å²) in [4.78, 5) is 39.4. The van der Waals surface area contributed by atoms with Crippen molar-refractivity contribution in [3.05, 3.63) is 45.1 Å². The van der Waals surface area contributed by atoms with Gasteiger partial charge in [-0.1, -0.05) is 25.0 Å². The summed E-state index contributed by atoms with van der Waals surface area (Å²) in [6.07, 6.45) is 3.71. The van der Waals surface area contributed by atoms with Crippen LogP contribution < -0.4 is 22.3 Å². The molecular weight excluding hydrogens is 332 g/mol. The zero-order chi connectivity index (χ0) is 16.4. The second-order valence-corrected chi connectivity index (χ2v) is 6.11. The number of H-pyrrole nitrogens is 1. The van der Waals surface area contributed by atoms with E-state index in [0.717, 1.165) is 30.3 Å². The highest BCUT2D eigenvalue weighted by molar-refractivity contribution is 5.85. The Kier molecular flexibility index (Phi) is 5.46. The molecule has 1 aliphatic rings. The number of para-hydroxylation sites is 1. The summed E-state index contributed by atoms with van der Waals surface area (Å²) >= 11 is 0. The number of aromatic amines is 1. The quantitative estimate of drug-likeness (QED) is 0.744. The molecule has 8 heteroatoms. The lowest BCUT2D eigenvalue weighted by atomic mass is 9.98. The average molecular weight is 353 g/mol. The van der Waals surface area contributed by atoms with Gasteiger partial charge in [0, 0.05) is 6.54 Å². The van der Waals surface area contributed by atoms with E-state index in [1.165, 1.54) is 0 Å². The summed E-state index contributed by atoms with van der Waals surface area (Å²) in [7, 11) is 0. The van der Waals surface area contributed by atoms with Crippen molar-refractivity contribution in [2.24, 2.45) is 5.73 Å². The Hall–Kier alpha value is -2.12. The van der Waals surface area contributed by atoms with Crippen molar-refractivity contribution in [1.82, 2.24) is 14.9 Å². The Morgan fingerprint density at radius 1 is 1.25 bits per heavy atom. The molecule has 1 fully saturated rings. The molecule has 1 amide bonds. The second-order valence-electron chi connectivity index (χ2n) is 6.11. The van der Waals surface area contributed by atoms with E-state index >= 15 is 0 Å². The van der Waals surface area contributed by atoms with Crippen LogP contribution in [0.15, 0.2) is 33.9 Å². The van der Waals surface area contributed by atoms with Crippen LogP contribution in [-0.4, -0.2) is 27.5 Å². The highest BCUT2D eigenvalue weighted by Gasteiger charge is 2.33. The molecule has 2 aromatic rings. The summed E-state index contributed by atoms with van der Waals surface area (Å²) in [6, 6.07) is 6.74. The third-order valence-corrected chi connectivity index (χ3v) is 4.55. The third-order valence-electron chi connectivity index (χ3n) is 4.55. The zero-order valence-electron chi connectivity index (χ0n) is 13.2. The summed E-state index contributed by atoms with van der Waals surface area (Å²) in [5.74, 6) is -0.361. The molecule has 1 aromatic carbocycles. The smallest absolute Gasteiger partial charge is 0.329 e. The lowest BCUT2D eigenvalue weighted by molar-refractivity contribution is -0.123. The molecule has 0 aliphatic heterocycles. The number of nitrogens with one attached hydrogen (secondary N) is 2. The molecular formula is C16H21ClN4O3. The number of nitrogens with two attached hydrogens (primary N) is 1. The molecule has 0 spiro atoms. The number of hydrogen-bond donors (Lipinski definition) is 3. The number of carbonyl (C=O) groups is 1. The molecule has 4 N–H and O–H groups in total. The Labute approximate surface area is 144 Å². The minimum atomic E-state index is -0.586. The average Bonchev–Trinajstić information content (AvgIpc) is 3.00. The van der Waals surface area contributed by atoms with Gasteiger partial charge in [-0.3, -0.25) is 14.2 Å². The van der Waals surface area contributed by atoms with Crippen molar-refractivity contribution in [3.8, 4) is 0 Å². The van der Waals surface area contributed by atoms with Crippen LogP contribution in [0, 0.1) is 0 Å². The van der Waals surface area contributed by atoms with E-state index in [9.17, 15) is 14.4 Å². The number of amides is 1. The molecule has 7 nitrogen and oxygen atoms in total. The van der Waals surface area contributed by atoms with Crippen LogP contribution in [0.2, 0.25) is 0 Å². The monoisotopic (exact) mass is 352 g/mol. The van der Waals surface area contributed by atoms with E-state index in [1.54, 1.807) is 24.3 Å². The number of halogens is 1. The van der Waals surface area contributed by atoms with Crippen molar-refractivity contribution < 1.29 is 4.79 Å². The SMILES string of the molecule is Cl.NCC1(NC(=O)Cn2c(=O)[nH]c3ccccc3c2=O)CCCC1. The Morgan fingerprint density at radius 2 is 1.92 bits per heavy atom. The normalized spacial score (nSPS) is 15.9. The van der Waals surface area contributed by atoms with Crippen LogP contribution in [0.25, 0.3) is 10.9 Å². The van der Waals surface area contributed by atoms with Gasteiger partial charge in [0.1, 0.15) is 6.54 Å². The molecule has 130 valence electrons. The van der Waals surface area contributed by atoms with Gasteiger partial charge in [0.2, 0.25) is 5.91 Å². The van der Waals surface area contributed by atoms with Crippen LogP contribution in [-0.2, 0) is 11.3 Å². The zero-order valence-corrected chi connectivity index (χ0v) is 14.0. The molecule has 1 aliphatic carbocycles. The van der Waals surface area contributed by atoms with Crippen LogP contribution in [0.1, 0.15) is 25.7 Å². The van der Waals surface area contributed by atoms with Crippen molar-refractivity contribution in [2.75, 3.05) is 6.54 Å². The fourth-order valence-electron chi connectivity index (χ4n) is 3.25. The molecule has 24 heavy (non-hydrogen) atoms. The van der Waals surface area contributed by atoms with Crippen molar-refractivity contribution in [2.45, 2.75) is 37.8 Å². The first-order valence-electron chi connectivity index (χ1n) is 7.78. The standard InChI is InChI=1S/C16H20N4O3.ClH/c17-10-16(7-3-4-8-16)19-13(21)9-20-14(22)11-5-1-2-6-12(11)18-15(20)23;/h1-2,5-6H,3-4,7-10,17H2,(H,18,23)(H,19,21);1H. The lowest BCUT2D eigenvalue weighted by Crippen LogP contribution is -2.53. The summed E-state index contributed by atoms with van der Waals surface area (Å²) in [6.45, 7) is 0.0580. The van der Waals surface area contributed by atoms with E-state index < -0.39 is 16.8 Å². The van der Waals surface area contributed by atoms with E-state index in [2.05, 4.69) is 10.3 Å². The topological polar surface area (TPSA) is 110 Å². The fraction of sp³-hybridized carbons (Fsp3) is 0.438. The number of hydrogen-bond acceptors (Lipinski definition) is 4. The lowest BCUT2D eigenvalue weighted by Gasteiger charge is -2.28. The van der Waals surface area contributed by atoms with E-state index in [0.29, 0.717) is 17.4 Å². The molecule has 1 aromatic heterocycles. The highest BCUT2D eigenvalue weighted by Crippen LogP contribution is 2.28. The van der Waals surface area contributed by atoms with Crippen LogP contribution in [0.5, 0.6) is 0 Å². The predicted octanol–water partition coefficient (Wildman–Crippen LogP) is 0.499. The van der Waals surface area contributed by atoms with Crippen molar-refractivity contribution in [3.63, 3.8) is 0 Å². The van der Waals surface area contributed by atoms with Gasteiger partial charge in [-0.05, 0) is 25.0 Å². The van der Waals surface area contributed by atoms with Crippen LogP contribution >= 0.6 is 12.4 Å². The Morgan fingerprint density at radius 3 is 2.58 bits per heavy atom. The predicted molar refractivity (Wildman–Crippen MR) is 94.5 cm³/mol. The van der Waals surface area contributed by atoms with Crippen LogP contribution in [0.4, 0.5) is 0 Å². The molecule has 0 atom stereocenters. The van der Waals surface area contributed by atoms with Gasteiger partial charge in [-0.15, -0.1) is 12.4 Å². The molecule has 0 unspecified atom stereocenters. The number of rotatable bonds is 4. The number of carbonyl (C=O) groups excluding carboxylic acids is 1. The maximum Gasteiger partial charge on any atom is 0.329 e. The molecule has 1 saturated carbocycles. The summed E-state index contributed by atoms with van der Waals surface area (Å²) < 4.78 is 0.927. The van der Waals surface area contributed by atoms with Gasteiger partial charge in [-0.2, -0.15) is 0 Å². The molecule has 0 radical (unpaired) electrons. The summed E-state index contributed by atoms with van der Waals surface area (Å²) in [5.41, 5.74) is 4.81. The second kappa shape index (κ2) is 7.19. The van der Waals surface area contributed by atoms with Gasteiger partial charge in [-0.25, -0.2) is 4.79 Å². The minimum absolute atomic E-state index is 0. The molecule has 0 saturated heterocycles. The van der Waals surface area contributed by atoms with Gasteiger partial charge >= 0.3 is 5.69 Å². The number of nitrogens with zero attached hydrogens (tertiary/aromatic N) is 1. The van der Waals surface area contributed by atoms with Gasteiger partial charge < -0.3 is 16.0 Å². The van der Waals surface area contributed by atoms with E-state index in [1.807, 2.05) is 0 Å². The molecule has 1 heterocycles. The third kappa shape index (κ3) is 3.37. The van der Waals surface area contributed by atoms with Gasteiger partial charge in [0.05, 0.1) is 16.4 Å². The molecule has 3 rings (SSSR count). The van der Waals surface area contributed by atoms with Gasteiger partial charge in [0.15, 0.2) is 0 Å². The van der Waals surface area contributed by atoms with Crippen molar-refractivity contribution >= 4 is 29.2 Å². The van der Waals surface area contributed by atoms with E-state index in [-0.39, 0.29) is 24.9 Å². The Balaban J connectivity index is 0.00000208. The minimum Gasteiger partial charge on any atom is -0.348 e. The first-order chi connectivity index (χ1) is 11.0. The first kappa shape index (κ1) is 18.2. The maximum atomic E-state index is 12.4. The highest BCUT2D eigenvalue weighted by atomic mass is 35.5. The first-order valence-corrected chi connectivity index (χ1v) is 7.78. The van der Waals surface area contributed by atoms with E-state index in [4.69, 9.17) is 5.73 Å². The molecule has 0 bridgehead atoms. The number of benzene rings is 1. The maximum absolute atomic E-state index is 12.4. The number of aromatic nitrogens is 2. The van der Waals surface area contributed by atoms with Crippen molar-refractivity contribution in [1.29, 1.82) is 0 Å². The van der Waals surface area contributed by atoms with Crippen LogP contribution in [0.3, 0.4) is 0 Å². The Bertz CT molecular complexity index is 852. The number of fused-ring (bicyclic) bond motifs is 1. The fourth-order valence-corrected chi connectivity index (χ4v) is 3.25. The van der Waals surface area contributed by atoms with Gasteiger partial charge in [0.25, 0.3) is 5.56 Å². The largest absolute Gasteiger partial charge is 0.348 e.